The Balaban J connectivity index is 2.05. The smallest absolute Gasteiger partial charge is 0.0931 e. The van der Waals surface area contributed by atoms with Gasteiger partial charge in [0, 0.05) is 6.04 Å². The lowest BCUT2D eigenvalue weighted by Gasteiger charge is -2.28. The molecule has 1 saturated carbocycles. The van der Waals surface area contributed by atoms with Crippen molar-refractivity contribution in [2.75, 3.05) is 0 Å². The Labute approximate surface area is 136 Å². The molecule has 3 rings (SSSR count). The molecule has 0 aromatic heterocycles. The zero-order valence-electron chi connectivity index (χ0n) is 15.1. The van der Waals surface area contributed by atoms with Gasteiger partial charge in [-0.1, -0.05) is 19.3 Å². The molecule has 0 spiro atoms. The average molecular weight is 296 g/mol. The summed E-state index contributed by atoms with van der Waals surface area (Å²) in [5.74, 6) is 0. The molecule has 0 unspecified atom stereocenters. The van der Waals surface area contributed by atoms with Gasteiger partial charge in [-0.05, 0) is 98.9 Å². The fraction of sp³-hybridized carbons (Fsp3) is 0.571. The first-order valence-electron chi connectivity index (χ1n) is 8.86. The van der Waals surface area contributed by atoms with Gasteiger partial charge in [0.25, 0.3) is 0 Å². The summed E-state index contributed by atoms with van der Waals surface area (Å²) in [6.45, 7) is 13.7. The molecule has 119 valence electrons. The quantitative estimate of drug-likeness (QED) is 0.756. The van der Waals surface area contributed by atoms with Gasteiger partial charge < -0.3 is 0 Å². The van der Waals surface area contributed by atoms with Crippen LogP contribution in [0, 0.1) is 33.7 Å². The monoisotopic (exact) mass is 296 g/mol. The van der Waals surface area contributed by atoms with Crippen LogP contribution >= 0.6 is 0 Å². The molecule has 0 amide bonds. The van der Waals surface area contributed by atoms with Crippen LogP contribution < -0.4 is 5.32 Å². The largest absolute Gasteiger partial charge is 0.299 e. The highest BCUT2D eigenvalue weighted by molar-refractivity contribution is 5.85. The van der Waals surface area contributed by atoms with Crippen molar-refractivity contribution in [1.29, 1.82) is 0 Å². The van der Waals surface area contributed by atoms with Gasteiger partial charge in [0.2, 0.25) is 0 Å². The molecule has 0 saturated heterocycles. The van der Waals surface area contributed by atoms with E-state index in [-0.39, 0.29) is 0 Å². The molecule has 0 atom stereocenters. The van der Waals surface area contributed by atoms with E-state index in [1.54, 1.807) is 0 Å². The van der Waals surface area contributed by atoms with Gasteiger partial charge in [0.15, 0.2) is 0 Å². The first-order valence-corrected chi connectivity index (χ1v) is 8.86. The van der Waals surface area contributed by atoms with Crippen LogP contribution in [0.5, 0.6) is 0 Å². The van der Waals surface area contributed by atoms with E-state index in [1.165, 1.54) is 82.7 Å². The SMILES string of the molecule is CC1=C(C)c2c(C)c(C)c(C)c(C)c2[C]1NC1CCCCC1. The number of fused-ring (bicyclic) bond motifs is 1. The van der Waals surface area contributed by atoms with Crippen LogP contribution in [0.2, 0.25) is 0 Å². The maximum atomic E-state index is 3.93. The summed E-state index contributed by atoms with van der Waals surface area (Å²) in [4.78, 5) is 0. The van der Waals surface area contributed by atoms with Gasteiger partial charge >= 0.3 is 0 Å². The second kappa shape index (κ2) is 5.85. The number of benzene rings is 1. The van der Waals surface area contributed by atoms with Crippen LogP contribution in [0.3, 0.4) is 0 Å². The Bertz CT molecular complexity index is 630. The van der Waals surface area contributed by atoms with Gasteiger partial charge in [0.05, 0.1) is 6.04 Å². The molecular weight excluding hydrogens is 266 g/mol. The van der Waals surface area contributed by atoms with Crippen molar-refractivity contribution >= 4 is 5.57 Å². The lowest BCUT2D eigenvalue weighted by atomic mass is 9.86. The summed E-state index contributed by atoms with van der Waals surface area (Å²) in [5.41, 5.74) is 11.8. The molecular formula is C21H30N. The summed E-state index contributed by atoms with van der Waals surface area (Å²) >= 11 is 0. The first kappa shape index (κ1) is 15.8. The van der Waals surface area contributed by atoms with E-state index >= 15 is 0 Å². The summed E-state index contributed by atoms with van der Waals surface area (Å²) < 4.78 is 0. The van der Waals surface area contributed by atoms with E-state index in [9.17, 15) is 0 Å². The van der Waals surface area contributed by atoms with Gasteiger partial charge in [0.1, 0.15) is 0 Å². The van der Waals surface area contributed by atoms with Gasteiger partial charge in [-0.2, -0.15) is 0 Å². The van der Waals surface area contributed by atoms with E-state index in [2.05, 4.69) is 46.9 Å². The number of nitrogens with one attached hydrogen (secondary N) is 1. The molecule has 2 aliphatic rings. The van der Waals surface area contributed by atoms with E-state index in [0.29, 0.717) is 6.04 Å². The Morgan fingerprint density at radius 1 is 0.636 bits per heavy atom. The summed E-state index contributed by atoms with van der Waals surface area (Å²) in [6.07, 6.45) is 6.82. The third kappa shape index (κ3) is 2.34. The van der Waals surface area contributed by atoms with Gasteiger partial charge in [-0.15, -0.1) is 0 Å². The number of hydrogen-bond acceptors (Lipinski definition) is 1. The predicted molar refractivity (Wildman–Crippen MR) is 96.0 cm³/mol. The van der Waals surface area contributed by atoms with E-state index in [0.717, 1.165) is 0 Å². The van der Waals surface area contributed by atoms with Crippen molar-refractivity contribution in [2.45, 2.75) is 79.7 Å². The standard InChI is InChI=1S/C21H30N/c1-12-13(2)15(4)20-19(14(12)3)16(5)17(6)21(20)22-18-10-8-7-9-11-18/h18,22H,7-11H2,1-6H3. The van der Waals surface area contributed by atoms with Crippen LogP contribution in [-0.4, -0.2) is 6.04 Å². The molecule has 1 heteroatoms. The van der Waals surface area contributed by atoms with Crippen molar-refractivity contribution in [3.8, 4) is 0 Å². The second-order valence-corrected chi connectivity index (χ2v) is 7.35. The Morgan fingerprint density at radius 2 is 1.18 bits per heavy atom. The lowest BCUT2D eigenvalue weighted by molar-refractivity contribution is 0.387. The van der Waals surface area contributed by atoms with Crippen molar-refractivity contribution in [1.82, 2.24) is 5.32 Å². The van der Waals surface area contributed by atoms with E-state index < -0.39 is 0 Å². The zero-order chi connectivity index (χ0) is 16.0. The molecule has 0 aliphatic heterocycles. The normalized spacial score (nSPS) is 19.9. The Hall–Kier alpha value is -1.08. The summed E-state index contributed by atoms with van der Waals surface area (Å²) in [5, 5.41) is 3.93. The van der Waals surface area contributed by atoms with Crippen LogP contribution in [0.1, 0.15) is 79.3 Å². The Morgan fingerprint density at radius 3 is 1.77 bits per heavy atom. The molecule has 2 aliphatic carbocycles. The van der Waals surface area contributed by atoms with Crippen LogP contribution in [0.25, 0.3) is 5.57 Å². The third-order valence-electron chi connectivity index (χ3n) is 6.20. The van der Waals surface area contributed by atoms with E-state index in [1.807, 2.05) is 0 Å². The minimum Gasteiger partial charge on any atom is -0.299 e. The highest BCUT2D eigenvalue weighted by Crippen LogP contribution is 2.45. The summed E-state index contributed by atoms with van der Waals surface area (Å²) in [6, 6.07) is 2.09. The first-order chi connectivity index (χ1) is 10.4. The Kier molecular flexibility index (Phi) is 4.20. The molecule has 1 N–H and O–H groups in total. The molecule has 22 heavy (non-hydrogen) atoms. The maximum Gasteiger partial charge on any atom is 0.0931 e. The maximum absolute atomic E-state index is 3.93. The fourth-order valence-electron chi connectivity index (χ4n) is 4.29. The van der Waals surface area contributed by atoms with Crippen molar-refractivity contribution in [3.63, 3.8) is 0 Å². The third-order valence-corrected chi connectivity index (χ3v) is 6.20. The predicted octanol–water partition coefficient (Wildman–Crippen LogP) is 5.53. The fourth-order valence-corrected chi connectivity index (χ4v) is 4.29. The topological polar surface area (TPSA) is 12.0 Å². The molecule has 1 aromatic carbocycles. The highest BCUT2D eigenvalue weighted by Gasteiger charge is 2.33. The zero-order valence-corrected chi connectivity index (χ0v) is 15.1. The van der Waals surface area contributed by atoms with Gasteiger partial charge in [-0.25, -0.2) is 0 Å². The van der Waals surface area contributed by atoms with E-state index in [4.69, 9.17) is 0 Å². The molecule has 0 heterocycles. The molecule has 0 bridgehead atoms. The minimum atomic E-state index is 0.666. The van der Waals surface area contributed by atoms with Gasteiger partial charge in [-0.3, -0.25) is 5.32 Å². The number of hydrogen-bond donors (Lipinski definition) is 1. The van der Waals surface area contributed by atoms with Crippen molar-refractivity contribution in [3.05, 3.63) is 45.0 Å². The second-order valence-electron chi connectivity index (χ2n) is 7.35. The molecule has 1 aromatic rings. The van der Waals surface area contributed by atoms with Crippen LogP contribution in [-0.2, 0) is 0 Å². The van der Waals surface area contributed by atoms with Crippen LogP contribution in [0.4, 0.5) is 0 Å². The molecule has 1 fully saturated rings. The highest BCUT2D eigenvalue weighted by atomic mass is 15.0. The molecule has 1 nitrogen and oxygen atoms in total. The lowest BCUT2D eigenvalue weighted by Crippen LogP contribution is -2.35. The average Bonchev–Trinajstić information content (AvgIpc) is 2.77. The van der Waals surface area contributed by atoms with Crippen molar-refractivity contribution in [2.24, 2.45) is 0 Å². The van der Waals surface area contributed by atoms with Crippen molar-refractivity contribution < 1.29 is 0 Å². The minimum absolute atomic E-state index is 0.666. The van der Waals surface area contributed by atoms with Crippen LogP contribution in [0.15, 0.2) is 5.57 Å². The summed E-state index contributed by atoms with van der Waals surface area (Å²) in [7, 11) is 0. The molecule has 1 radical (unpaired) electrons. The number of allylic oxidation sites excluding steroid dienone is 1. The number of rotatable bonds is 2.